The topological polar surface area (TPSA) is 68.0 Å². The SMILES string of the molecule is O=C(O)Cc1ccc2nn(Cc3ccccc3)nc2c1. The number of aliphatic carboxylic acids is 1. The zero-order valence-corrected chi connectivity index (χ0v) is 10.7. The van der Waals surface area contributed by atoms with Crippen molar-refractivity contribution in [3.8, 4) is 0 Å². The Labute approximate surface area is 115 Å². The summed E-state index contributed by atoms with van der Waals surface area (Å²) in [6.45, 7) is 0.601. The van der Waals surface area contributed by atoms with Gasteiger partial charge in [-0.15, -0.1) is 0 Å². The zero-order valence-electron chi connectivity index (χ0n) is 10.7. The number of benzene rings is 2. The molecule has 0 saturated heterocycles. The van der Waals surface area contributed by atoms with Crippen LogP contribution in [0.4, 0.5) is 0 Å². The van der Waals surface area contributed by atoms with Crippen LogP contribution in [0.5, 0.6) is 0 Å². The number of rotatable bonds is 4. The van der Waals surface area contributed by atoms with Crippen molar-refractivity contribution in [3.63, 3.8) is 0 Å². The molecule has 0 amide bonds. The van der Waals surface area contributed by atoms with Gasteiger partial charge in [0.05, 0.1) is 13.0 Å². The van der Waals surface area contributed by atoms with Crippen molar-refractivity contribution in [2.45, 2.75) is 13.0 Å². The van der Waals surface area contributed by atoms with Crippen LogP contribution in [-0.4, -0.2) is 26.1 Å². The van der Waals surface area contributed by atoms with E-state index in [1.54, 1.807) is 16.9 Å². The predicted octanol–water partition coefficient (Wildman–Crippen LogP) is 2.11. The van der Waals surface area contributed by atoms with Crippen LogP contribution in [0.2, 0.25) is 0 Å². The van der Waals surface area contributed by atoms with E-state index in [1.165, 1.54) is 0 Å². The van der Waals surface area contributed by atoms with E-state index in [0.29, 0.717) is 6.54 Å². The molecule has 100 valence electrons. The van der Waals surface area contributed by atoms with E-state index in [9.17, 15) is 4.79 Å². The Bertz CT molecular complexity index is 750. The number of carboxylic acid groups (broad SMARTS) is 1. The summed E-state index contributed by atoms with van der Waals surface area (Å²) in [5, 5.41) is 17.6. The Balaban J connectivity index is 1.88. The number of aromatic nitrogens is 3. The average Bonchev–Trinajstić information content (AvgIpc) is 2.80. The maximum absolute atomic E-state index is 10.7. The molecule has 20 heavy (non-hydrogen) atoms. The second-order valence-corrected chi connectivity index (χ2v) is 4.61. The minimum atomic E-state index is -0.846. The van der Waals surface area contributed by atoms with Crippen LogP contribution in [0.15, 0.2) is 48.5 Å². The molecule has 0 aliphatic rings. The summed E-state index contributed by atoms with van der Waals surface area (Å²) in [5.41, 5.74) is 3.35. The van der Waals surface area contributed by atoms with E-state index >= 15 is 0 Å². The first-order valence-corrected chi connectivity index (χ1v) is 6.30. The third kappa shape index (κ3) is 2.66. The quantitative estimate of drug-likeness (QED) is 0.786. The highest BCUT2D eigenvalue weighted by molar-refractivity contribution is 5.77. The third-order valence-corrected chi connectivity index (χ3v) is 3.01. The molecular weight excluding hydrogens is 254 g/mol. The second-order valence-electron chi connectivity index (χ2n) is 4.61. The van der Waals surface area contributed by atoms with Gasteiger partial charge in [-0.3, -0.25) is 4.79 Å². The van der Waals surface area contributed by atoms with Gasteiger partial charge in [-0.05, 0) is 23.3 Å². The van der Waals surface area contributed by atoms with Crippen molar-refractivity contribution in [2.24, 2.45) is 0 Å². The summed E-state index contributed by atoms with van der Waals surface area (Å²) in [6, 6.07) is 15.3. The van der Waals surface area contributed by atoms with E-state index in [2.05, 4.69) is 10.2 Å². The van der Waals surface area contributed by atoms with Crippen molar-refractivity contribution in [2.75, 3.05) is 0 Å². The largest absolute Gasteiger partial charge is 0.481 e. The van der Waals surface area contributed by atoms with Gasteiger partial charge in [-0.25, -0.2) is 0 Å². The standard InChI is InChI=1S/C15H13N3O2/c19-15(20)9-12-6-7-13-14(8-12)17-18(16-13)10-11-4-2-1-3-5-11/h1-8H,9-10H2,(H,19,20). The van der Waals surface area contributed by atoms with Gasteiger partial charge in [0.1, 0.15) is 11.0 Å². The lowest BCUT2D eigenvalue weighted by molar-refractivity contribution is -0.136. The van der Waals surface area contributed by atoms with Gasteiger partial charge < -0.3 is 5.11 Å². The van der Waals surface area contributed by atoms with Crippen molar-refractivity contribution in [3.05, 3.63) is 59.7 Å². The van der Waals surface area contributed by atoms with E-state index in [-0.39, 0.29) is 6.42 Å². The van der Waals surface area contributed by atoms with Gasteiger partial charge in [-0.2, -0.15) is 15.0 Å². The lowest BCUT2D eigenvalue weighted by Gasteiger charge is -1.98. The molecule has 3 rings (SSSR count). The first kappa shape index (κ1) is 12.3. The molecule has 5 nitrogen and oxygen atoms in total. The summed E-state index contributed by atoms with van der Waals surface area (Å²) in [6.07, 6.45) is 0.00147. The monoisotopic (exact) mass is 267 g/mol. The van der Waals surface area contributed by atoms with Crippen LogP contribution in [0.3, 0.4) is 0 Å². The first-order valence-electron chi connectivity index (χ1n) is 6.30. The molecule has 1 heterocycles. The molecule has 0 atom stereocenters. The van der Waals surface area contributed by atoms with Crippen LogP contribution in [0, 0.1) is 0 Å². The molecule has 0 radical (unpaired) electrons. The smallest absolute Gasteiger partial charge is 0.307 e. The van der Waals surface area contributed by atoms with Gasteiger partial charge in [-0.1, -0.05) is 36.4 Å². The van der Waals surface area contributed by atoms with E-state index in [1.807, 2.05) is 36.4 Å². The van der Waals surface area contributed by atoms with Crippen LogP contribution in [0.25, 0.3) is 11.0 Å². The molecule has 2 aromatic carbocycles. The average molecular weight is 267 g/mol. The summed E-state index contributed by atoms with van der Waals surface area (Å²) >= 11 is 0. The minimum Gasteiger partial charge on any atom is -0.481 e. The highest BCUT2D eigenvalue weighted by Gasteiger charge is 2.06. The number of nitrogens with zero attached hydrogens (tertiary/aromatic N) is 3. The molecular formula is C15H13N3O2. The first-order chi connectivity index (χ1) is 9.70. The fourth-order valence-corrected chi connectivity index (χ4v) is 2.11. The highest BCUT2D eigenvalue weighted by Crippen LogP contribution is 2.13. The fourth-order valence-electron chi connectivity index (χ4n) is 2.11. The number of hydrogen-bond acceptors (Lipinski definition) is 3. The molecule has 1 aromatic heterocycles. The Morgan fingerprint density at radius 3 is 2.50 bits per heavy atom. The molecule has 0 aliphatic carbocycles. The Hall–Kier alpha value is -2.69. The van der Waals surface area contributed by atoms with Crippen molar-refractivity contribution in [1.82, 2.24) is 15.0 Å². The van der Waals surface area contributed by atoms with Crippen molar-refractivity contribution in [1.29, 1.82) is 0 Å². The van der Waals surface area contributed by atoms with Crippen LogP contribution in [0.1, 0.15) is 11.1 Å². The molecule has 0 unspecified atom stereocenters. The number of carbonyl (C=O) groups is 1. The maximum Gasteiger partial charge on any atom is 0.307 e. The number of carboxylic acids is 1. The molecule has 0 spiro atoms. The Morgan fingerprint density at radius 2 is 1.75 bits per heavy atom. The van der Waals surface area contributed by atoms with Gasteiger partial charge in [0.25, 0.3) is 0 Å². The normalized spacial score (nSPS) is 10.8. The van der Waals surface area contributed by atoms with E-state index in [0.717, 1.165) is 22.2 Å². The Kier molecular flexibility index (Phi) is 3.16. The summed E-state index contributed by atoms with van der Waals surface area (Å²) in [7, 11) is 0. The van der Waals surface area contributed by atoms with Crippen LogP contribution >= 0.6 is 0 Å². The van der Waals surface area contributed by atoms with E-state index < -0.39 is 5.97 Å². The Morgan fingerprint density at radius 1 is 1.00 bits per heavy atom. The summed E-state index contributed by atoms with van der Waals surface area (Å²) in [5.74, 6) is -0.846. The molecule has 3 aromatic rings. The minimum absolute atomic E-state index is 0.00147. The fraction of sp³-hybridized carbons (Fsp3) is 0.133. The lowest BCUT2D eigenvalue weighted by atomic mass is 10.1. The maximum atomic E-state index is 10.7. The van der Waals surface area contributed by atoms with Gasteiger partial charge in [0, 0.05) is 0 Å². The second kappa shape index (κ2) is 5.13. The third-order valence-electron chi connectivity index (χ3n) is 3.01. The predicted molar refractivity (Wildman–Crippen MR) is 74.4 cm³/mol. The number of fused-ring (bicyclic) bond motifs is 1. The zero-order chi connectivity index (χ0) is 13.9. The van der Waals surface area contributed by atoms with Crippen LogP contribution < -0.4 is 0 Å². The molecule has 5 heteroatoms. The highest BCUT2D eigenvalue weighted by atomic mass is 16.4. The van der Waals surface area contributed by atoms with Crippen molar-refractivity contribution < 1.29 is 9.90 Å². The van der Waals surface area contributed by atoms with E-state index in [4.69, 9.17) is 5.11 Å². The van der Waals surface area contributed by atoms with Gasteiger partial charge in [0.15, 0.2) is 0 Å². The molecule has 0 fully saturated rings. The molecule has 0 aliphatic heterocycles. The molecule has 0 bridgehead atoms. The van der Waals surface area contributed by atoms with Crippen molar-refractivity contribution >= 4 is 17.0 Å². The molecule has 1 N–H and O–H groups in total. The summed E-state index contributed by atoms with van der Waals surface area (Å²) < 4.78 is 0. The van der Waals surface area contributed by atoms with Crippen LogP contribution in [-0.2, 0) is 17.8 Å². The summed E-state index contributed by atoms with van der Waals surface area (Å²) in [4.78, 5) is 12.3. The van der Waals surface area contributed by atoms with Gasteiger partial charge in [0.2, 0.25) is 0 Å². The van der Waals surface area contributed by atoms with Gasteiger partial charge >= 0.3 is 5.97 Å². The number of hydrogen-bond donors (Lipinski definition) is 1. The molecule has 0 saturated carbocycles. The lowest BCUT2D eigenvalue weighted by Crippen LogP contribution is -2.03.